The summed E-state index contributed by atoms with van der Waals surface area (Å²) in [5, 5.41) is 3.68. The summed E-state index contributed by atoms with van der Waals surface area (Å²) in [5.74, 6) is 1.25. The molecule has 0 saturated heterocycles. The fraction of sp³-hybridized carbons (Fsp3) is 0.357. The first-order chi connectivity index (χ1) is 8.63. The van der Waals surface area contributed by atoms with E-state index in [1.165, 1.54) is 11.1 Å². The Morgan fingerprint density at radius 1 is 1.33 bits per heavy atom. The summed E-state index contributed by atoms with van der Waals surface area (Å²) in [7, 11) is 2.06. The monoisotopic (exact) mass is 245 g/mol. The van der Waals surface area contributed by atoms with E-state index in [1.54, 1.807) is 6.07 Å². The third kappa shape index (κ3) is 3.60. The molecule has 1 heterocycles. The third-order valence-electron chi connectivity index (χ3n) is 2.87. The van der Waals surface area contributed by atoms with Gasteiger partial charge in [0, 0.05) is 12.6 Å². The van der Waals surface area contributed by atoms with E-state index in [0.717, 1.165) is 25.3 Å². The van der Waals surface area contributed by atoms with Gasteiger partial charge in [0.25, 0.3) is 0 Å². The van der Waals surface area contributed by atoms with E-state index in [1.807, 2.05) is 0 Å². The number of aryl methyl sites for hydroxylation is 1. The van der Waals surface area contributed by atoms with Crippen LogP contribution in [0.2, 0.25) is 0 Å². The van der Waals surface area contributed by atoms with Crippen LogP contribution in [0.4, 0.5) is 5.82 Å². The molecule has 0 saturated carbocycles. The van der Waals surface area contributed by atoms with Crippen molar-refractivity contribution in [1.29, 1.82) is 0 Å². The van der Waals surface area contributed by atoms with Gasteiger partial charge in [-0.15, -0.1) is 0 Å². The van der Waals surface area contributed by atoms with Crippen molar-refractivity contribution in [2.45, 2.75) is 19.9 Å². The molecule has 0 aliphatic carbocycles. The Labute approximate surface area is 107 Å². The molecule has 2 rings (SSSR count). The van der Waals surface area contributed by atoms with Crippen molar-refractivity contribution in [2.24, 2.45) is 0 Å². The maximum atomic E-state index is 5.51. The predicted octanol–water partition coefficient (Wildman–Crippen LogP) is 2.24. The Morgan fingerprint density at radius 2 is 2.17 bits per heavy atom. The second kappa shape index (κ2) is 5.69. The fourth-order valence-corrected chi connectivity index (χ4v) is 1.94. The van der Waals surface area contributed by atoms with E-state index >= 15 is 0 Å². The summed E-state index contributed by atoms with van der Waals surface area (Å²) < 4.78 is 5.09. The molecule has 0 spiro atoms. The number of nitrogen functional groups attached to an aromatic ring is 1. The Hall–Kier alpha value is -1.81. The highest BCUT2D eigenvalue weighted by Gasteiger charge is 2.05. The second-order valence-corrected chi connectivity index (χ2v) is 4.69. The van der Waals surface area contributed by atoms with Gasteiger partial charge < -0.3 is 10.3 Å². The Bertz CT molecular complexity index is 507. The second-order valence-electron chi connectivity index (χ2n) is 4.69. The summed E-state index contributed by atoms with van der Waals surface area (Å²) in [6, 6.07) is 10.4. The molecular formula is C14H19N3O. The molecule has 0 radical (unpaired) electrons. The minimum Gasteiger partial charge on any atom is -0.381 e. The zero-order chi connectivity index (χ0) is 13.0. The van der Waals surface area contributed by atoms with Gasteiger partial charge in [-0.1, -0.05) is 35.0 Å². The number of nitrogens with two attached hydrogens (primary N) is 1. The van der Waals surface area contributed by atoms with Crippen LogP contribution in [0, 0.1) is 6.92 Å². The van der Waals surface area contributed by atoms with E-state index in [0.29, 0.717) is 5.82 Å². The Morgan fingerprint density at radius 3 is 2.83 bits per heavy atom. The SMILES string of the molecule is Cc1cccc(CCN(C)Cc2cc(N)no2)c1. The summed E-state index contributed by atoms with van der Waals surface area (Å²) in [6.07, 6.45) is 1.03. The first-order valence-electron chi connectivity index (χ1n) is 6.08. The topological polar surface area (TPSA) is 55.3 Å². The highest BCUT2D eigenvalue weighted by molar-refractivity contribution is 5.26. The van der Waals surface area contributed by atoms with Crippen molar-refractivity contribution < 1.29 is 4.52 Å². The number of benzene rings is 1. The number of hydrogen-bond acceptors (Lipinski definition) is 4. The molecule has 0 atom stereocenters. The van der Waals surface area contributed by atoms with Gasteiger partial charge in [0.15, 0.2) is 11.6 Å². The van der Waals surface area contributed by atoms with E-state index in [4.69, 9.17) is 10.3 Å². The number of likely N-dealkylation sites (N-methyl/N-ethyl adjacent to an activating group) is 1. The molecule has 2 N–H and O–H groups in total. The average Bonchev–Trinajstić information content (AvgIpc) is 2.72. The number of aromatic nitrogens is 1. The summed E-state index contributed by atoms with van der Waals surface area (Å²) in [4.78, 5) is 2.20. The Balaban J connectivity index is 1.83. The molecule has 0 unspecified atom stereocenters. The van der Waals surface area contributed by atoms with Crippen LogP contribution < -0.4 is 5.73 Å². The van der Waals surface area contributed by atoms with Crippen LogP contribution in [-0.2, 0) is 13.0 Å². The van der Waals surface area contributed by atoms with Gasteiger partial charge in [-0.25, -0.2) is 0 Å². The van der Waals surface area contributed by atoms with Crippen molar-refractivity contribution in [3.8, 4) is 0 Å². The van der Waals surface area contributed by atoms with Crippen LogP contribution in [0.3, 0.4) is 0 Å². The van der Waals surface area contributed by atoms with Crippen molar-refractivity contribution >= 4 is 5.82 Å². The largest absolute Gasteiger partial charge is 0.381 e. The molecule has 18 heavy (non-hydrogen) atoms. The van der Waals surface area contributed by atoms with Gasteiger partial charge >= 0.3 is 0 Å². The molecule has 0 amide bonds. The molecule has 4 heteroatoms. The van der Waals surface area contributed by atoms with Crippen LogP contribution in [0.5, 0.6) is 0 Å². The van der Waals surface area contributed by atoms with Gasteiger partial charge in [0.2, 0.25) is 0 Å². The maximum Gasteiger partial charge on any atom is 0.167 e. The Kier molecular flexibility index (Phi) is 3.99. The predicted molar refractivity (Wildman–Crippen MR) is 72.1 cm³/mol. The van der Waals surface area contributed by atoms with E-state index in [9.17, 15) is 0 Å². The first-order valence-corrected chi connectivity index (χ1v) is 6.08. The third-order valence-corrected chi connectivity index (χ3v) is 2.87. The standard InChI is InChI=1S/C14H19N3O/c1-11-4-3-5-12(8-11)6-7-17(2)10-13-9-14(15)16-18-13/h3-5,8-9H,6-7,10H2,1-2H3,(H2,15,16). The van der Waals surface area contributed by atoms with Crippen LogP contribution in [0.15, 0.2) is 34.9 Å². The summed E-state index contributed by atoms with van der Waals surface area (Å²) >= 11 is 0. The highest BCUT2D eigenvalue weighted by atomic mass is 16.5. The van der Waals surface area contributed by atoms with Gasteiger partial charge in [0.05, 0.1) is 6.54 Å². The van der Waals surface area contributed by atoms with Crippen LogP contribution in [0.25, 0.3) is 0 Å². The molecule has 0 fully saturated rings. The quantitative estimate of drug-likeness (QED) is 0.877. The van der Waals surface area contributed by atoms with Crippen LogP contribution in [0.1, 0.15) is 16.9 Å². The van der Waals surface area contributed by atoms with Gasteiger partial charge in [-0.2, -0.15) is 0 Å². The summed E-state index contributed by atoms with van der Waals surface area (Å²) in [6.45, 7) is 3.82. The zero-order valence-corrected chi connectivity index (χ0v) is 10.9. The lowest BCUT2D eigenvalue weighted by atomic mass is 10.1. The number of nitrogens with zero attached hydrogens (tertiary/aromatic N) is 2. The molecule has 1 aromatic heterocycles. The zero-order valence-electron chi connectivity index (χ0n) is 10.9. The van der Waals surface area contributed by atoms with Crippen LogP contribution >= 0.6 is 0 Å². The molecular weight excluding hydrogens is 226 g/mol. The van der Waals surface area contributed by atoms with E-state index < -0.39 is 0 Å². The van der Waals surface area contributed by atoms with Gasteiger partial charge in [-0.3, -0.25) is 4.90 Å². The molecule has 96 valence electrons. The molecule has 0 aliphatic heterocycles. The fourth-order valence-electron chi connectivity index (χ4n) is 1.94. The smallest absolute Gasteiger partial charge is 0.167 e. The number of anilines is 1. The minimum absolute atomic E-state index is 0.442. The number of rotatable bonds is 5. The van der Waals surface area contributed by atoms with Crippen molar-refractivity contribution in [1.82, 2.24) is 10.1 Å². The minimum atomic E-state index is 0.442. The highest BCUT2D eigenvalue weighted by Crippen LogP contribution is 2.09. The lowest BCUT2D eigenvalue weighted by Gasteiger charge is -2.14. The van der Waals surface area contributed by atoms with Crippen molar-refractivity contribution in [2.75, 3.05) is 19.3 Å². The molecule has 1 aromatic carbocycles. The summed E-state index contributed by atoms with van der Waals surface area (Å²) in [5.41, 5.74) is 8.18. The lowest BCUT2D eigenvalue weighted by Crippen LogP contribution is -2.20. The van der Waals surface area contributed by atoms with Gasteiger partial charge in [0.1, 0.15) is 0 Å². The van der Waals surface area contributed by atoms with E-state index in [-0.39, 0.29) is 0 Å². The molecule has 0 aliphatic rings. The number of hydrogen-bond donors (Lipinski definition) is 1. The molecule has 0 bridgehead atoms. The van der Waals surface area contributed by atoms with Crippen molar-refractivity contribution in [3.05, 3.63) is 47.2 Å². The normalized spacial score (nSPS) is 11.1. The molecule has 4 nitrogen and oxygen atoms in total. The van der Waals surface area contributed by atoms with Crippen LogP contribution in [-0.4, -0.2) is 23.6 Å². The molecule has 2 aromatic rings. The average molecular weight is 245 g/mol. The first kappa shape index (κ1) is 12.6. The lowest BCUT2D eigenvalue weighted by molar-refractivity contribution is 0.275. The van der Waals surface area contributed by atoms with Crippen molar-refractivity contribution in [3.63, 3.8) is 0 Å². The van der Waals surface area contributed by atoms with E-state index in [2.05, 4.69) is 48.3 Å². The maximum absolute atomic E-state index is 5.51. The van der Waals surface area contributed by atoms with Gasteiger partial charge in [-0.05, 0) is 26.0 Å².